The zero-order valence-corrected chi connectivity index (χ0v) is 11.4. The van der Waals surface area contributed by atoms with Crippen LogP contribution in [0.2, 0.25) is 0 Å². The van der Waals surface area contributed by atoms with Crippen LogP contribution in [-0.4, -0.2) is 48.5 Å². The smallest absolute Gasteiger partial charge is 0.251 e. The maximum atomic E-state index is 11.9. The Bertz CT molecular complexity index is 454. The Morgan fingerprint density at radius 1 is 1.37 bits per heavy atom. The molecule has 104 valence electrons. The Balaban J connectivity index is 2.63. The molecule has 0 aliphatic rings. The van der Waals surface area contributed by atoms with Gasteiger partial charge in [0, 0.05) is 23.7 Å². The number of benzene rings is 1. The van der Waals surface area contributed by atoms with Crippen molar-refractivity contribution >= 4 is 11.7 Å². The highest BCUT2D eigenvalue weighted by Gasteiger charge is 2.09. The molecule has 0 aromatic heterocycles. The molecule has 4 N–H and O–H groups in total. The van der Waals surface area contributed by atoms with E-state index in [0.717, 1.165) is 0 Å². The summed E-state index contributed by atoms with van der Waals surface area (Å²) in [6, 6.07) is 6.82. The fourth-order valence-electron chi connectivity index (χ4n) is 1.38. The van der Waals surface area contributed by atoms with Crippen molar-refractivity contribution in [3.63, 3.8) is 0 Å². The Labute approximate surface area is 112 Å². The Hall–Kier alpha value is -2.08. The van der Waals surface area contributed by atoms with Crippen molar-refractivity contribution in [3.8, 4) is 0 Å². The third kappa shape index (κ3) is 4.26. The first-order chi connectivity index (χ1) is 8.95. The van der Waals surface area contributed by atoms with E-state index in [-0.39, 0.29) is 17.8 Å². The molecule has 1 rings (SSSR count). The lowest BCUT2D eigenvalue weighted by atomic mass is 10.1. The van der Waals surface area contributed by atoms with Gasteiger partial charge in [-0.05, 0) is 33.2 Å². The highest BCUT2D eigenvalue weighted by Crippen LogP contribution is 2.04. The van der Waals surface area contributed by atoms with E-state index in [9.17, 15) is 4.79 Å². The predicted molar refractivity (Wildman–Crippen MR) is 74.4 cm³/mol. The molecule has 6 nitrogen and oxygen atoms in total. The van der Waals surface area contributed by atoms with Crippen LogP contribution in [0.15, 0.2) is 29.4 Å². The van der Waals surface area contributed by atoms with E-state index in [1.165, 1.54) is 0 Å². The van der Waals surface area contributed by atoms with Gasteiger partial charge in [0.2, 0.25) is 0 Å². The number of nitrogens with one attached hydrogen (secondary N) is 1. The molecular weight excluding hydrogens is 244 g/mol. The van der Waals surface area contributed by atoms with Gasteiger partial charge in [0.1, 0.15) is 0 Å². The van der Waals surface area contributed by atoms with E-state index < -0.39 is 0 Å². The number of amides is 1. The minimum atomic E-state index is -0.139. The molecular formula is C13H20N4O2. The summed E-state index contributed by atoms with van der Waals surface area (Å²) in [5, 5.41) is 14.3. The van der Waals surface area contributed by atoms with Crippen molar-refractivity contribution in [2.75, 3.05) is 20.6 Å². The summed E-state index contributed by atoms with van der Waals surface area (Å²) in [5.74, 6) is -0.118. The molecule has 0 spiro atoms. The number of carbonyl (C=O) groups is 1. The molecule has 0 aliphatic carbocycles. The summed E-state index contributed by atoms with van der Waals surface area (Å²) < 4.78 is 0. The number of amidine groups is 1. The van der Waals surface area contributed by atoms with Crippen LogP contribution in [0.3, 0.4) is 0 Å². The van der Waals surface area contributed by atoms with Crippen LogP contribution in [0.1, 0.15) is 22.8 Å². The van der Waals surface area contributed by atoms with E-state index in [0.29, 0.717) is 17.7 Å². The van der Waals surface area contributed by atoms with E-state index >= 15 is 0 Å². The molecule has 0 saturated carbocycles. The third-order valence-electron chi connectivity index (χ3n) is 2.99. The molecule has 0 heterocycles. The standard InChI is InChI=1S/C13H20N4O2/c1-9(17(2)3)8-15-13(18)11-6-4-10(5-7-11)12(14)16-19/h4-7,9,19H,8H2,1-3H3,(H2,14,16)(H,15,18). The molecule has 0 bridgehead atoms. The lowest BCUT2D eigenvalue weighted by Gasteiger charge is -2.19. The number of carbonyl (C=O) groups excluding carboxylic acids is 1. The van der Waals surface area contributed by atoms with Crippen LogP contribution in [0.4, 0.5) is 0 Å². The highest BCUT2D eigenvalue weighted by molar-refractivity contribution is 5.99. The quantitative estimate of drug-likeness (QED) is 0.312. The average molecular weight is 264 g/mol. The van der Waals surface area contributed by atoms with Crippen LogP contribution in [0.5, 0.6) is 0 Å². The number of hydrogen-bond donors (Lipinski definition) is 3. The maximum Gasteiger partial charge on any atom is 0.251 e. The molecule has 1 aromatic rings. The third-order valence-corrected chi connectivity index (χ3v) is 2.99. The minimum Gasteiger partial charge on any atom is -0.409 e. The minimum absolute atomic E-state index is 0.0215. The van der Waals surface area contributed by atoms with Crippen molar-refractivity contribution in [2.24, 2.45) is 10.9 Å². The summed E-state index contributed by atoms with van der Waals surface area (Å²) in [6.07, 6.45) is 0. The number of nitrogens with two attached hydrogens (primary N) is 1. The summed E-state index contributed by atoms with van der Waals surface area (Å²) >= 11 is 0. The monoisotopic (exact) mass is 264 g/mol. The second kappa shape index (κ2) is 6.75. The van der Waals surface area contributed by atoms with Crippen LogP contribution in [-0.2, 0) is 0 Å². The SMILES string of the molecule is CC(CNC(=O)c1ccc(C(N)=NO)cc1)N(C)C. The Morgan fingerprint density at radius 3 is 2.37 bits per heavy atom. The van der Waals surface area contributed by atoms with Gasteiger partial charge in [0.25, 0.3) is 5.91 Å². The second-order valence-corrected chi connectivity index (χ2v) is 4.59. The molecule has 1 amide bonds. The zero-order chi connectivity index (χ0) is 14.4. The number of nitrogens with zero attached hydrogens (tertiary/aromatic N) is 2. The predicted octanol–water partition coefficient (Wildman–Crippen LogP) is 0.461. The van der Waals surface area contributed by atoms with Crippen LogP contribution in [0, 0.1) is 0 Å². The van der Waals surface area contributed by atoms with Gasteiger partial charge in [-0.1, -0.05) is 17.3 Å². The number of likely N-dealkylation sites (N-methyl/N-ethyl adjacent to an activating group) is 1. The lowest BCUT2D eigenvalue weighted by molar-refractivity contribution is 0.0943. The van der Waals surface area contributed by atoms with E-state index in [1.54, 1.807) is 24.3 Å². The molecule has 0 aliphatic heterocycles. The van der Waals surface area contributed by atoms with Crippen LogP contribution in [0.25, 0.3) is 0 Å². The highest BCUT2D eigenvalue weighted by atomic mass is 16.4. The largest absolute Gasteiger partial charge is 0.409 e. The fourth-order valence-corrected chi connectivity index (χ4v) is 1.38. The van der Waals surface area contributed by atoms with Crippen molar-refractivity contribution in [1.29, 1.82) is 0 Å². The first kappa shape index (κ1) is 15.0. The summed E-state index contributed by atoms with van der Waals surface area (Å²) in [4.78, 5) is 13.9. The number of oxime groups is 1. The van der Waals surface area contributed by atoms with E-state index in [2.05, 4.69) is 10.5 Å². The molecule has 0 saturated heterocycles. The lowest BCUT2D eigenvalue weighted by Crippen LogP contribution is -2.38. The van der Waals surface area contributed by atoms with Crippen molar-refractivity contribution < 1.29 is 10.0 Å². The van der Waals surface area contributed by atoms with Gasteiger partial charge in [-0.3, -0.25) is 4.79 Å². The number of hydrogen-bond acceptors (Lipinski definition) is 4. The fraction of sp³-hybridized carbons (Fsp3) is 0.385. The summed E-state index contributed by atoms with van der Waals surface area (Å²) in [6.45, 7) is 2.61. The van der Waals surface area contributed by atoms with Gasteiger partial charge in [0.05, 0.1) is 0 Å². The van der Waals surface area contributed by atoms with Gasteiger partial charge in [-0.25, -0.2) is 0 Å². The Kier molecular flexibility index (Phi) is 5.32. The Morgan fingerprint density at radius 2 is 1.89 bits per heavy atom. The zero-order valence-electron chi connectivity index (χ0n) is 11.4. The van der Waals surface area contributed by atoms with Crippen LogP contribution >= 0.6 is 0 Å². The second-order valence-electron chi connectivity index (χ2n) is 4.59. The van der Waals surface area contributed by atoms with Gasteiger partial charge in [-0.15, -0.1) is 0 Å². The normalized spacial score (nSPS) is 13.4. The topological polar surface area (TPSA) is 91.0 Å². The summed E-state index contributed by atoms with van der Waals surface area (Å²) in [7, 11) is 3.92. The van der Waals surface area contributed by atoms with Gasteiger partial charge in [-0.2, -0.15) is 0 Å². The van der Waals surface area contributed by atoms with E-state index in [4.69, 9.17) is 10.9 Å². The average Bonchev–Trinajstić information content (AvgIpc) is 2.43. The van der Waals surface area contributed by atoms with Crippen molar-refractivity contribution in [1.82, 2.24) is 10.2 Å². The molecule has 1 atom stereocenters. The molecule has 0 radical (unpaired) electrons. The molecule has 19 heavy (non-hydrogen) atoms. The first-order valence-electron chi connectivity index (χ1n) is 5.98. The number of rotatable bonds is 5. The van der Waals surface area contributed by atoms with Gasteiger partial charge < -0.3 is 21.2 Å². The summed E-state index contributed by atoms with van der Waals surface area (Å²) in [5.41, 5.74) is 6.56. The molecule has 1 aromatic carbocycles. The maximum absolute atomic E-state index is 11.9. The van der Waals surface area contributed by atoms with E-state index in [1.807, 2.05) is 25.9 Å². The van der Waals surface area contributed by atoms with Crippen molar-refractivity contribution in [2.45, 2.75) is 13.0 Å². The van der Waals surface area contributed by atoms with Crippen LogP contribution < -0.4 is 11.1 Å². The van der Waals surface area contributed by atoms with Gasteiger partial charge >= 0.3 is 0 Å². The first-order valence-corrected chi connectivity index (χ1v) is 5.98. The van der Waals surface area contributed by atoms with Gasteiger partial charge in [0.15, 0.2) is 5.84 Å². The van der Waals surface area contributed by atoms with Crippen molar-refractivity contribution in [3.05, 3.63) is 35.4 Å². The molecule has 6 heteroatoms. The molecule has 1 unspecified atom stereocenters. The molecule has 0 fully saturated rings.